The van der Waals surface area contributed by atoms with Gasteiger partial charge in [-0.1, -0.05) is 12.1 Å². The Morgan fingerprint density at radius 3 is 2.37 bits per heavy atom. The molecule has 4 rings (SSSR count). The highest BCUT2D eigenvalue weighted by molar-refractivity contribution is 7.89. The number of aromatic hydroxyl groups is 1. The molecule has 2 heterocycles. The minimum atomic E-state index is -3.76. The molecule has 0 aliphatic heterocycles. The number of imidazole rings is 1. The van der Waals surface area contributed by atoms with E-state index in [0.717, 1.165) is 11.3 Å². The number of aromatic nitrogens is 4. The van der Waals surface area contributed by atoms with Crippen LogP contribution in [0.25, 0.3) is 5.69 Å². The molecule has 152 valence electrons. The first-order valence-electron chi connectivity index (χ1n) is 8.91. The Labute approximate surface area is 173 Å². The Morgan fingerprint density at radius 2 is 1.73 bits per heavy atom. The Morgan fingerprint density at radius 1 is 1.00 bits per heavy atom. The number of anilines is 2. The second-order valence-corrected chi connectivity index (χ2v) is 8.03. The van der Waals surface area contributed by atoms with Crippen LogP contribution in [0, 0.1) is 0 Å². The Balaban J connectivity index is 1.74. The van der Waals surface area contributed by atoms with E-state index in [1.54, 1.807) is 61.1 Å². The average Bonchev–Trinajstić information content (AvgIpc) is 3.22. The molecule has 0 atom stereocenters. The second kappa shape index (κ2) is 7.93. The number of rotatable bonds is 6. The highest BCUT2D eigenvalue weighted by Crippen LogP contribution is 2.27. The first-order chi connectivity index (χ1) is 14.4. The van der Waals surface area contributed by atoms with E-state index in [1.165, 1.54) is 12.1 Å². The van der Waals surface area contributed by atoms with Crippen LogP contribution in [0.3, 0.4) is 0 Å². The van der Waals surface area contributed by atoms with Crippen LogP contribution in [0.4, 0.5) is 11.8 Å². The zero-order chi connectivity index (χ0) is 21.1. The monoisotopic (exact) mass is 422 g/mol. The van der Waals surface area contributed by atoms with Gasteiger partial charge in [0.15, 0.2) is 5.82 Å². The SMILES string of the molecule is NS(=O)(=O)c1ccc(CN(c2cccnn2)c2nccn2-c2ccc(O)cc2)cc1. The fraction of sp³-hybridized carbons (Fsp3) is 0.0500. The summed E-state index contributed by atoms with van der Waals surface area (Å²) in [5.74, 6) is 1.32. The minimum absolute atomic E-state index is 0.0443. The van der Waals surface area contributed by atoms with E-state index >= 15 is 0 Å². The van der Waals surface area contributed by atoms with Crippen LogP contribution in [0.15, 0.2) is 84.1 Å². The Bertz CT molecular complexity index is 1240. The van der Waals surface area contributed by atoms with Gasteiger partial charge in [0.05, 0.1) is 11.4 Å². The third-order valence-electron chi connectivity index (χ3n) is 4.42. The second-order valence-electron chi connectivity index (χ2n) is 6.47. The molecule has 0 aliphatic rings. The van der Waals surface area contributed by atoms with Gasteiger partial charge in [-0.15, -0.1) is 5.10 Å². The van der Waals surface area contributed by atoms with E-state index in [-0.39, 0.29) is 10.6 Å². The summed E-state index contributed by atoms with van der Waals surface area (Å²) in [6.07, 6.45) is 5.04. The lowest BCUT2D eigenvalue weighted by Crippen LogP contribution is -2.22. The van der Waals surface area contributed by atoms with Crippen LogP contribution >= 0.6 is 0 Å². The number of phenolic OH excluding ortho intramolecular Hbond substituents is 1. The molecule has 0 saturated carbocycles. The molecule has 30 heavy (non-hydrogen) atoms. The molecule has 10 heteroatoms. The molecule has 3 N–H and O–H groups in total. The van der Waals surface area contributed by atoms with Crippen molar-refractivity contribution in [3.63, 3.8) is 0 Å². The predicted molar refractivity (Wildman–Crippen MR) is 111 cm³/mol. The molecule has 2 aromatic carbocycles. The van der Waals surface area contributed by atoms with Crippen molar-refractivity contribution in [2.45, 2.75) is 11.4 Å². The molecule has 0 fully saturated rings. The summed E-state index contributed by atoms with van der Waals surface area (Å²) in [5, 5.41) is 22.9. The predicted octanol–water partition coefficient (Wildman–Crippen LogP) is 2.35. The first kappa shape index (κ1) is 19.6. The minimum Gasteiger partial charge on any atom is -0.508 e. The molecular formula is C20H18N6O3S. The molecule has 0 radical (unpaired) electrons. The summed E-state index contributed by atoms with van der Waals surface area (Å²) in [6.45, 7) is 0.360. The van der Waals surface area contributed by atoms with Gasteiger partial charge in [-0.3, -0.25) is 9.47 Å². The van der Waals surface area contributed by atoms with Crippen molar-refractivity contribution in [3.8, 4) is 11.4 Å². The van der Waals surface area contributed by atoms with E-state index in [4.69, 9.17) is 5.14 Å². The number of benzene rings is 2. The van der Waals surface area contributed by atoms with Gasteiger partial charge in [0.2, 0.25) is 16.0 Å². The van der Waals surface area contributed by atoms with Crippen molar-refractivity contribution in [2.75, 3.05) is 4.90 Å². The van der Waals surface area contributed by atoms with Crippen LogP contribution in [0.2, 0.25) is 0 Å². The number of sulfonamides is 1. The molecule has 4 aromatic rings. The van der Waals surface area contributed by atoms with Gasteiger partial charge in [0.25, 0.3) is 0 Å². The highest BCUT2D eigenvalue weighted by atomic mass is 32.2. The van der Waals surface area contributed by atoms with Crippen LogP contribution in [0.1, 0.15) is 5.56 Å². The average molecular weight is 422 g/mol. The standard InChI is InChI=1S/C20H18N6O3S/c21-30(28,29)18-9-3-15(4-10-18)14-26(19-2-1-11-23-24-19)20-22-12-13-25(20)16-5-7-17(27)8-6-16/h1-13,27H,14H2,(H2,21,28,29). The van der Waals surface area contributed by atoms with Gasteiger partial charge >= 0.3 is 0 Å². The molecule has 0 saturated heterocycles. The summed E-state index contributed by atoms with van der Waals surface area (Å²) < 4.78 is 24.9. The summed E-state index contributed by atoms with van der Waals surface area (Å²) in [4.78, 5) is 6.38. The lowest BCUT2D eigenvalue weighted by molar-refractivity contribution is 0.475. The molecular weight excluding hydrogens is 404 g/mol. The van der Waals surface area contributed by atoms with Crippen LogP contribution in [0.5, 0.6) is 5.75 Å². The van der Waals surface area contributed by atoms with Crippen molar-refractivity contribution >= 4 is 21.8 Å². The van der Waals surface area contributed by atoms with Crippen molar-refractivity contribution in [1.29, 1.82) is 0 Å². The van der Waals surface area contributed by atoms with Crippen LogP contribution in [-0.4, -0.2) is 33.3 Å². The number of nitrogens with zero attached hydrogens (tertiary/aromatic N) is 5. The van der Waals surface area contributed by atoms with E-state index < -0.39 is 10.0 Å². The van der Waals surface area contributed by atoms with Gasteiger partial charge in [-0.05, 0) is 54.1 Å². The quantitative estimate of drug-likeness (QED) is 0.488. The first-order valence-corrected chi connectivity index (χ1v) is 10.5. The van der Waals surface area contributed by atoms with Gasteiger partial charge in [0.1, 0.15) is 5.75 Å². The smallest absolute Gasteiger partial charge is 0.238 e. The fourth-order valence-electron chi connectivity index (χ4n) is 2.97. The third kappa shape index (κ3) is 4.14. The zero-order valence-electron chi connectivity index (χ0n) is 15.7. The summed E-state index contributed by atoms with van der Waals surface area (Å²) in [6, 6.07) is 16.6. The summed E-state index contributed by atoms with van der Waals surface area (Å²) in [7, 11) is -3.76. The molecule has 9 nitrogen and oxygen atoms in total. The molecule has 2 aromatic heterocycles. The topological polar surface area (TPSA) is 127 Å². The fourth-order valence-corrected chi connectivity index (χ4v) is 3.48. The van der Waals surface area contributed by atoms with Crippen molar-refractivity contribution in [2.24, 2.45) is 5.14 Å². The number of hydrogen-bond donors (Lipinski definition) is 2. The largest absolute Gasteiger partial charge is 0.508 e. The Hall–Kier alpha value is -3.76. The zero-order valence-corrected chi connectivity index (χ0v) is 16.5. The van der Waals surface area contributed by atoms with Crippen LogP contribution in [-0.2, 0) is 16.6 Å². The number of primary sulfonamides is 1. The number of hydrogen-bond acceptors (Lipinski definition) is 7. The third-order valence-corrected chi connectivity index (χ3v) is 5.35. The van der Waals surface area contributed by atoms with Crippen molar-refractivity contribution in [1.82, 2.24) is 19.7 Å². The Kier molecular flexibility index (Phi) is 5.17. The van der Waals surface area contributed by atoms with Gasteiger partial charge in [0, 0.05) is 24.3 Å². The van der Waals surface area contributed by atoms with Crippen molar-refractivity contribution < 1.29 is 13.5 Å². The molecule has 0 amide bonds. The lowest BCUT2D eigenvalue weighted by Gasteiger charge is -2.23. The summed E-state index contributed by atoms with van der Waals surface area (Å²) >= 11 is 0. The van der Waals surface area contributed by atoms with E-state index in [9.17, 15) is 13.5 Å². The maximum Gasteiger partial charge on any atom is 0.238 e. The van der Waals surface area contributed by atoms with Crippen LogP contribution < -0.4 is 10.0 Å². The lowest BCUT2D eigenvalue weighted by atomic mass is 10.2. The molecule has 0 aliphatic carbocycles. The number of phenols is 1. The maximum atomic E-state index is 11.5. The normalized spacial score (nSPS) is 11.4. The van der Waals surface area contributed by atoms with E-state index in [0.29, 0.717) is 18.3 Å². The van der Waals surface area contributed by atoms with E-state index in [2.05, 4.69) is 15.2 Å². The molecule has 0 spiro atoms. The highest BCUT2D eigenvalue weighted by Gasteiger charge is 2.18. The maximum absolute atomic E-state index is 11.5. The van der Waals surface area contributed by atoms with Gasteiger partial charge in [-0.2, -0.15) is 5.10 Å². The van der Waals surface area contributed by atoms with Gasteiger partial charge < -0.3 is 5.11 Å². The van der Waals surface area contributed by atoms with Crippen molar-refractivity contribution in [3.05, 3.63) is 84.8 Å². The van der Waals surface area contributed by atoms with E-state index in [1.807, 2.05) is 15.5 Å². The van der Waals surface area contributed by atoms with Gasteiger partial charge in [-0.25, -0.2) is 18.5 Å². The molecule has 0 bridgehead atoms. The summed E-state index contributed by atoms with van der Waals surface area (Å²) in [5.41, 5.74) is 1.63. The number of nitrogens with two attached hydrogens (primary N) is 1. The molecule has 0 unspecified atom stereocenters.